The summed E-state index contributed by atoms with van der Waals surface area (Å²) in [4.78, 5) is 24.6. The van der Waals surface area contributed by atoms with Crippen molar-refractivity contribution < 1.29 is 13.2 Å². The van der Waals surface area contributed by atoms with Crippen LogP contribution < -0.4 is 10.5 Å². The molecule has 0 spiro atoms. The van der Waals surface area contributed by atoms with Crippen molar-refractivity contribution in [3.8, 4) is 10.7 Å². The topological polar surface area (TPSA) is 128 Å². The maximum Gasteiger partial charge on any atom is 0.251 e. The lowest BCUT2D eigenvalue weighted by Crippen LogP contribution is -2.23. The van der Waals surface area contributed by atoms with Crippen LogP contribution in [-0.4, -0.2) is 29.3 Å². The number of nitrogens with two attached hydrogens (primary N) is 1. The molecule has 0 unspecified atom stereocenters. The Labute approximate surface area is 147 Å². The largest absolute Gasteiger partial charge is 0.346 e. The Balaban J connectivity index is 1.64. The molecule has 10 heteroatoms. The molecule has 3 rings (SSSR count). The second kappa shape index (κ2) is 7.05. The van der Waals surface area contributed by atoms with E-state index in [0.29, 0.717) is 17.0 Å². The SMILES string of the molecule is NS(=O)(=O)c1ccc(C(=O)NCc2csc(-c3cnccn3)n2)cc1. The summed E-state index contributed by atoms with van der Waals surface area (Å²) in [5.74, 6) is -0.338. The highest BCUT2D eigenvalue weighted by Gasteiger charge is 2.11. The predicted octanol–water partition coefficient (Wildman–Crippen LogP) is 1.18. The van der Waals surface area contributed by atoms with Crippen molar-refractivity contribution in [2.24, 2.45) is 5.14 Å². The molecule has 0 saturated carbocycles. The fourth-order valence-electron chi connectivity index (χ4n) is 1.98. The highest BCUT2D eigenvalue weighted by molar-refractivity contribution is 7.89. The van der Waals surface area contributed by atoms with Gasteiger partial charge in [-0.1, -0.05) is 0 Å². The molecule has 0 aliphatic heterocycles. The van der Waals surface area contributed by atoms with Crippen LogP contribution in [0.5, 0.6) is 0 Å². The standard InChI is InChI=1S/C15H13N5O3S2/c16-25(22,23)12-3-1-10(2-4-12)14(21)19-7-11-9-24-15(20-11)13-8-17-5-6-18-13/h1-6,8-9H,7H2,(H,19,21)(H2,16,22,23). The first kappa shape index (κ1) is 17.1. The van der Waals surface area contributed by atoms with Crippen LogP contribution >= 0.6 is 11.3 Å². The van der Waals surface area contributed by atoms with E-state index in [9.17, 15) is 13.2 Å². The van der Waals surface area contributed by atoms with Gasteiger partial charge < -0.3 is 5.32 Å². The molecule has 0 aliphatic rings. The van der Waals surface area contributed by atoms with E-state index in [1.165, 1.54) is 35.6 Å². The van der Waals surface area contributed by atoms with Crippen molar-refractivity contribution in [1.29, 1.82) is 0 Å². The number of amides is 1. The number of sulfonamides is 1. The molecule has 3 aromatic rings. The molecule has 0 fully saturated rings. The molecule has 8 nitrogen and oxygen atoms in total. The van der Waals surface area contributed by atoms with Gasteiger partial charge in [-0.05, 0) is 24.3 Å². The van der Waals surface area contributed by atoms with Gasteiger partial charge in [-0.3, -0.25) is 14.8 Å². The third-order valence-corrected chi connectivity index (χ3v) is 5.05. The van der Waals surface area contributed by atoms with Crippen molar-refractivity contribution >= 4 is 27.3 Å². The van der Waals surface area contributed by atoms with E-state index in [1.807, 2.05) is 5.38 Å². The van der Waals surface area contributed by atoms with Crippen LogP contribution in [0.4, 0.5) is 0 Å². The fraction of sp³-hybridized carbons (Fsp3) is 0.0667. The Morgan fingerprint density at radius 2 is 1.96 bits per heavy atom. The number of hydrogen-bond acceptors (Lipinski definition) is 7. The lowest BCUT2D eigenvalue weighted by Gasteiger charge is -2.04. The highest BCUT2D eigenvalue weighted by atomic mass is 32.2. The summed E-state index contributed by atoms with van der Waals surface area (Å²) in [7, 11) is -3.78. The average Bonchev–Trinajstić information content (AvgIpc) is 3.09. The molecule has 0 bridgehead atoms. The quantitative estimate of drug-likeness (QED) is 0.689. The van der Waals surface area contributed by atoms with Crippen LogP contribution in [0.2, 0.25) is 0 Å². The minimum absolute atomic E-state index is 0.0443. The van der Waals surface area contributed by atoms with Gasteiger partial charge in [0.2, 0.25) is 10.0 Å². The average molecular weight is 375 g/mol. The third kappa shape index (κ3) is 4.24. The van der Waals surface area contributed by atoms with Crippen LogP contribution in [0, 0.1) is 0 Å². The van der Waals surface area contributed by atoms with Crippen LogP contribution in [0.1, 0.15) is 16.1 Å². The van der Waals surface area contributed by atoms with E-state index in [2.05, 4.69) is 20.3 Å². The molecular weight excluding hydrogens is 362 g/mol. The first-order chi connectivity index (χ1) is 11.9. The molecular formula is C15H13N5O3S2. The molecule has 1 amide bonds. The molecule has 0 atom stereocenters. The fourth-order valence-corrected chi connectivity index (χ4v) is 3.28. The number of rotatable bonds is 5. The number of thiazole rings is 1. The summed E-state index contributed by atoms with van der Waals surface area (Å²) in [6.07, 6.45) is 4.79. The lowest BCUT2D eigenvalue weighted by atomic mass is 10.2. The minimum atomic E-state index is -3.78. The number of nitrogens with zero attached hydrogens (tertiary/aromatic N) is 3. The third-order valence-electron chi connectivity index (χ3n) is 3.21. The number of aromatic nitrogens is 3. The van der Waals surface area contributed by atoms with E-state index in [-0.39, 0.29) is 17.3 Å². The van der Waals surface area contributed by atoms with Gasteiger partial charge in [0.1, 0.15) is 10.7 Å². The Hall–Kier alpha value is -2.69. The number of carbonyl (C=O) groups is 1. The second-order valence-electron chi connectivity index (χ2n) is 4.99. The summed E-state index contributed by atoms with van der Waals surface area (Å²) in [6, 6.07) is 5.39. The molecule has 25 heavy (non-hydrogen) atoms. The van der Waals surface area contributed by atoms with Gasteiger partial charge >= 0.3 is 0 Å². The Morgan fingerprint density at radius 3 is 2.60 bits per heavy atom. The van der Waals surface area contributed by atoms with Crippen molar-refractivity contribution in [3.05, 3.63) is 59.5 Å². The lowest BCUT2D eigenvalue weighted by molar-refractivity contribution is 0.0950. The number of hydrogen-bond donors (Lipinski definition) is 2. The first-order valence-corrected chi connectivity index (χ1v) is 9.48. The molecule has 3 N–H and O–H groups in total. The Kier molecular flexibility index (Phi) is 4.83. The van der Waals surface area contributed by atoms with Gasteiger partial charge in [0.05, 0.1) is 23.3 Å². The molecule has 1 aromatic carbocycles. The maximum atomic E-state index is 12.1. The number of benzene rings is 1. The van der Waals surface area contributed by atoms with Gasteiger partial charge in [0.25, 0.3) is 5.91 Å². The maximum absolute atomic E-state index is 12.1. The van der Waals surface area contributed by atoms with Gasteiger partial charge in [-0.2, -0.15) is 0 Å². The van der Waals surface area contributed by atoms with Gasteiger partial charge in [0, 0.05) is 23.3 Å². The zero-order valence-electron chi connectivity index (χ0n) is 12.8. The van der Waals surface area contributed by atoms with E-state index in [1.54, 1.807) is 18.6 Å². The number of carbonyl (C=O) groups excluding carboxylic acids is 1. The van der Waals surface area contributed by atoms with Crippen LogP contribution in [0.25, 0.3) is 10.7 Å². The minimum Gasteiger partial charge on any atom is -0.346 e. The van der Waals surface area contributed by atoms with Gasteiger partial charge in [-0.15, -0.1) is 11.3 Å². The summed E-state index contributed by atoms with van der Waals surface area (Å²) >= 11 is 1.41. The second-order valence-corrected chi connectivity index (χ2v) is 7.41. The molecule has 2 aromatic heterocycles. The predicted molar refractivity (Wildman–Crippen MR) is 92.1 cm³/mol. The van der Waals surface area contributed by atoms with E-state index >= 15 is 0 Å². The summed E-state index contributed by atoms with van der Waals surface area (Å²) < 4.78 is 22.4. The molecule has 0 saturated heterocycles. The smallest absolute Gasteiger partial charge is 0.251 e. The monoisotopic (exact) mass is 375 g/mol. The summed E-state index contributed by atoms with van der Waals surface area (Å²) in [6.45, 7) is 0.243. The Morgan fingerprint density at radius 1 is 1.20 bits per heavy atom. The molecule has 0 radical (unpaired) electrons. The number of primary sulfonamides is 1. The zero-order chi connectivity index (χ0) is 17.9. The highest BCUT2D eigenvalue weighted by Crippen LogP contribution is 2.20. The molecule has 0 aliphatic carbocycles. The van der Waals surface area contributed by atoms with Crippen molar-refractivity contribution in [1.82, 2.24) is 20.3 Å². The van der Waals surface area contributed by atoms with E-state index in [0.717, 1.165) is 5.01 Å². The van der Waals surface area contributed by atoms with E-state index in [4.69, 9.17) is 5.14 Å². The van der Waals surface area contributed by atoms with Crippen molar-refractivity contribution in [2.75, 3.05) is 0 Å². The molecule has 128 valence electrons. The zero-order valence-corrected chi connectivity index (χ0v) is 14.4. The van der Waals surface area contributed by atoms with E-state index < -0.39 is 10.0 Å². The normalized spacial score (nSPS) is 11.2. The van der Waals surface area contributed by atoms with Gasteiger partial charge in [0.15, 0.2) is 0 Å². The first-order valence-electron chi connectivity index (χ1n) is 7.05. The van der Waals surface area contributed by atoms with Crippen molar-refractivity contribution in [2.45, 2.75) is 11.4 Å². The summed E-state index contributed by atoms with van der Waals surface area (Å²) in [5, 5.41) is 10.3. The van der Waals surface area contributed by atoms with Crippen LogP contribution in [0.15, 0.2) is 53.1 Å². The van der Waals surface area contributed by atoms with Crippen LogP contribution in [-0.2, 0) is 16.6 Å². The Bertz CT molecular complexity index is 986. The van der Waals surface area contributed by atoms with Crippen LogP contribution in [0.3, 0.4) is 0 Å². The number of nitrogens with one attached hydrogen (secondary N) is 1. The van der Waals surface area contributed by atoms with Gasteiger partial charge in [-0.25, -0.2) is 18.5 Å². The summed E-state index contributed by atoms with van der Waals surface area (Å²) in [5.41, 5.74) is 1.69. The van der Waals surface area contributed by atoms with Crippen molar-refractivity contribution in [3.63, 3.8) is 0 Å². The molecule has 2 heterocycles.